The lowest BCUT2D eigenvalue weighted by Crippen LogP contribution is -2.19. The van der Waals surface area contributed by atoms with E-state index in [2.05, 4.69) is 9.97 Å². The summed E-state index contributed by atoms with van der Waals surface area (Å²) in [5.41, 5.74) is 6.48. The molecule has 0 spiro atoms. The molecule has 2 heterocycles. The van der Waals surface area contributed by atoms with Crippen molar-refractivity contribution in [1.82, 2.24) is 14.5 Å². The average Bonchev–Trinajstić information content (AvgIpc) is 2.64. The van der Waals surface area contributed by atoms with Crippen molar-refractivity contribution in [3.05, 3.63) is 18.5 Å². The van der Waals surface area contributed by atoms with Gasteiger partial charge in [-0.15, -0.1) is 0 Å². The lowest BCUT2D eigenvalue weighted by atomic mass is 10.4. The van der Waals surface area contributed by atoms with Gasteiger partial charge in [-0.1, -0.05) is 11.8 Å². The molecule has 0 saturated carbocycles. The fourth-order valence-electron chi connectivity index (χ4n) is 1.50. The van der Waals surface area contributed by atoms with Gasteiger partial charge >= 0.3 is 5.97 Å². The number of pyridine rings is 1. The standard InChI is InChI=1S/C10H10N4O3S/c11-8(15)4-14-7-1-2-12-3-6(7)13-10(14)18-5-9(16)17/h1-3H,4-5H2,(H2,11,15)(H,16,17). The molecule has 8 heteroatoms. The Kier molecular flexibility index (Phi) is 3.47. The summed E-state index contributed by atoms with van der Waals surface area (Å²) < 4.78 is 1.59. The van der Waals surface area contributed by atoms with Gasteiger partial charge in [0, 0.05) is 6.20 Å². The van der Waals surface area contributed by atoms with Gasteiger partial charge in [-0.3, -0.25) is 14.6 Å². The molecule has 0 aliphatic rings. The van der Waals surface area contributed by atoms with Gasteiger partial charge in [0.25, 0.3) is 0 Å². The van der Waals surface area contributed by atoms with Crippen LogP contribution in [0.2, 0.25) is 0 Å². The first-order chi connectivity index (χ1) is 8.58. The zero-order valence-corrected chi connectivity index (χ0v) is 10.1. The molecular formula is C10H10N4O3S. The van der Waals surface area contributed by atoms with Gasteiger partial charge < -0.3 is 15.4 Å². The minimum Gasteiger partial charge on any atom is -0.481 e. The second-order valence-corrected chi connectivity index (χ2v) is 4.44. The molecule has 0 unspecified atom stereocenters. The van der Waals surface area contributed by atoms with Gasteiger partial charge in [0.15, 0.2) is 5.16 Å². The third-order valence-electron chi connectivity index (χ3n) is 2.15. The van der Waals surface area contributed by atoms with E-state index in [1.165, 1.54) is 0 Å². The number of aromatic nitrogens is 3. The van der Waals surface area contributed by atoms with Crippen LogP contribution in [-0.4, -0.2) is 37.3 Å². The van der Waals surface area contributed by atoms with Crippen LogP contribution in [0.4, 0.5) is 0 Å². The smallest absolute Gasteiger partial charge is 0.313 e. The number of primary amides is 1. The molecule has 0 aromatic carbocycles. The average molecular weight is 266 g/mol. The highest BCUT2D eigenvalue weighted by atomic mass is 32.2. The minimum atomic E-state index is -0.948. The van der Waals surface area contributed by atoms with E-state index in [0.717, 1.165) is 11.8 Å². The van der Waals surface area contributed by atoms with Crippen LogP contribution >= 0.6 is 11.8 Å². The molecule has 0 fully saturated rings. The van der Waals surface area contributed by atoms with Crippen molar-refractivity contribution >= 4 is 34.7 Å². The molecule has 94 valence electrons. The number of carboxylic acid groups (broad SMARTS) is 1. The number of hydrogen-bond acceptors (Lipinski definition) is 5. The minimum absolute atomic E-state index is 0.0392. The molecule has 2 aromatic heterocycles. The van der Waals surface area contributed by atoms with Crippen molar-refractivity contribution in [1.29, 1.82) is 0 Å². The van der Waals surface area contributed by atoms with Crippen molar-refractivity contribution in [2.24, 2.45) is 5.73 Å². The van der Waals surface area contributed by atoms with Crippen molar-refractivity contribution in [3.63, 3.8) is 0 Å². The number of amides is 1. The third kappa shape index (κ3) is 2.59. The Morgan fingerprint density at radius 2 is 2.28 bits per heavy atom. The van der Waals surface area contributed by atoms with Gasteiger partial charge in [0.1, 0.15) is 12.1 Å². The Morgan fingerprint density at radius 3 is 2.94 bits per heavy atom. The van der Waals surface area contributed by atoms with E-state index < -0.39 is 11.9 Å². The highest BCUT2D eigenvalue weighted by molar-refractivity contribution is 7.99. The Bertz CT molecular complexity index is 610. The molecule has 1 amide bonds. The summed E-state index contributed by atoms with van der Waals surface area (Å²) >= 11 is 1.04. The first-order valence-electron chi connectivity index (χ1n) is 5.01. The van der Waals surface area contributed by atoms with Crippen LogP contribution in [0.1, 0.15) is 0 Å². The number of fused-ring (bicyclic) bond motifs is 1. The molecule has 0 radical (unpaired) electrons. The van der Waals surface area contributed by atoms with E-state index in [-0.39, 0.29) is 12.3 Å². The van der Waals surface area contributed by atoms with E-state index >= 15 is 0 Å². The van der Waals surface area contributed by atoms with Gasteiger partial charge in [0.05, 0.1) is 17.5 Å². The summed E-state index contributed by atoms with van der Waals surface area (Å²) in [6.45, 7) is -0.0392. The van der Waals surface area contributed by atoms with Crippen molar-refractivity contribution in [2.75, 3.05) is 5.75 Å². The second-order valence-electron chi connectivity index (χ2n) is 3.49. The summed E-state index contributed by atoms with van der Waals surface area (Å²) in [5, 5.41) is 9.10. The van der Waals surface area contributed by atoms with Gasteiger partial charge in [0.2, 0.25) is 5.91 Å². The molecule has 7 nitrogen and oxygen atoms in total. The number of imidazole rings is 1. The summed E-state index contributed by atoms with van der Waals surface area (Å²) in [5.74, 6) is -1.59. The van der Waals surface area contributed by atoms with E-state index in [9.17, 15) is 9.59 Å². The monoisotopic (exact) mass is 266 g/mol. The number of carbonyl (C=O) groups is 2. The van der Waals surface area contributed by atoms with Crippen LogP contribution in [-0.2, 0) is 16.1 Å². The SMILES string of the molecule is NC(=O)Cn1c(SCC(=O)O)nc2cnccc21. The lowest BCUT2D eigenvalue weighted by molar-refractivity contribution is -0.133. The molecule has 2 aromatic rings. The van der Waals surface area contributed by atoms with Crippen LogP contribution < -0.4 is 5.73 Å². The summed E-state index contributed by atoms with van der Waals surface area (Å²) in [7, 11) is 0. The number of thioether (sulfide) groups is 1. The van der Waals surface area contributed by atoms with E-state index in [1.54, 1.807) is 23.0 Å². The number of nitrogens with zero attached hydrogens (tertiary/aromatic N) is 3. The van der Waals surface area contributed by atoms with Gasteiger partial charge in [-0.05, 0) is 6.07 Å². The Morgan fingerprint density at radius 1 is 1.50 bits per heavy atom. The third-order valence-corrected chi connectivity index (χ3v) is 3.12. The molecular weight excluding hydrogens is 256 g/mol. The maximum Gasteiger partial charge on any atom is 0.313 e. The molecule has 0 aliphatic heterocycles. The van der Waals surface area contributed by atoms with E-state index in [1.807, 2.05) is 0 Å². The number of carbonyl (C=O) groups excluding carboxylic acids is 1. The Balaban J connectivity index is 2.42. The van der Waals surface area contributed by atoms with Crippen LogP contribution in [0.3, 0.4) is 0 Å². The largest absolute Gasteiger partial charge is 0.481 e. The predicted molar refractivity (Wildman–Crippen MR) is 65.1 cm³/mol. The number of nitrogens with two attached hydrogens (primary N) is 1. The van der Waals surface area contributed by atoms with E-state index in [4.69, 9.17) is 10.8 Å². The highest BCUT2D eigenvalue weighted by Crippen LogP contribution is 2.23. The fourth-order valence-corrected chi connectivity index (χ4v) is 2.24. The quantitative estimate of drug-likeness (QED) is 0.742. The maximum absolute atomic E-state index is 11.0. The van der Waals surface area contributed by atoms with Crippen molar-refractivity contribution in [2.45, 2.75) is 11.7 Å². The second kappa shape index (κ2) is 5.05. The molecule has 3 N–H and O–H groups in total. The Labute approximate surface area is 106 Å². The molecule has 0 bridgehead atoms. The molecule has 2 rings (SSSR count). The zero-order valence-electron chi connectivity index (χ0n) is 9.24. The normalized spacial score (nSPS) is 10.7. The number of carboxylic acids is 1. The van der Waals surface area contributed by atoms with E-state index in [0.29, 0.717) is 16.2 Å². The van der Waals surface area contributed by atoms with Gasteiger partial charge in [-0.2, -0.15) is 0 Å². The van der Waals surface area contributed by atoms with Crippen LogP contribution in [0.15, 0.2) is 23.6 Å². The molecule has 0 saturated heterocycles. The summed E-state index contributed by atoms with van der Waals surface area (Å²) in [4.78, 5) is 29.7. The highest BCUT2D eigenvalue weighted by Gasteiger charge is 2.13. The Hall–Kier alpha value is -2.09. The summed E-state index contributed by atoms with van der Waals surface area (Å²) in [6, 6.07) is 1.70. The number of aliphatic carboxylic acids is 1. The van der Waals surface area contributed by atoms with Crippen molar-refractivity contribution < 1.29 is 14.7 Å². The zero-order chi connectivity index (χ0) is 13.1. The van der Waals surface area contributed by atoms with Crippen LogP contribution in [0, 0.1) is 0 Å². The number of rotatable bonds is 5. The first kappa shape index (κ1) is 12.4. The summed E-state index contributed by atoms with van der Waals surface area (Å²) in [6.07, 6.45) is 3.13. The van der Waals surface area contributed by atoms with Crippen LogP contribution in [0.5, 0.6) is 0 Å². The topological polar surface area (TPSA) is 111 Å². The first-order valence-corrected chi connectivity index (χ1v) is 5.99. The number of hydrogen-bond donors (Lipinski definition) is 2. The fraction of sp³-hybridized carbons (Fsp3) is 0.200. The molecule has 0 aliphatic carbocycles. The van der Waals surface area contributed by atoms with Gasteiger partial charge in [-0.25, -0.2) is 4.98 Å². The van der Waals surface area contributed by atoms with Crippen molar-refractivity contribution in [3.8, 4) is 0 Å². The maximum atomic E-state index is 11.0. The predicted octanol–water partition coefficient (Wildman–Crippen LogP) is 0.0933. The molecule has 18 heavy (non-hydrogen) atoms. The molecule has 0 atom stereocenters. The lowest BCUT2D eigenvalue weighted by Gasteiger charge is -2.04. The van der Waals surface area contributed by atoms with Crippen LogP contribution in [0.25, 0.3) is 11.0 Å².